The normalized spacial score (nSPS) is 20.6. The van der Waals surface area contributed by atoms with Gasteiger partial charge in [0, 0.05) is 49.0 Å². The minimum atomic E-state index is 0.117. The molecule has 3 aromatic rings. The Morgan fingerprint density at radius 2 is 2.00 bits per heavy atom. The summed E-state index contributed by atoms with van der Waals surface area (Å²) >= 11 is 0. The van der Waals surface area contributed by atoms with Gasteiger partial charge in [0.1, 0.15) is 12.1 Å². The summed E-state index contributed by atoms with van der Waals surface area (Å²) in [5, 5.41) is 23.1. The van der Waals surface area contributed by atoms with E-state index >= 15 is 0 Å². The van der Waals surface area contributed by atoms with Gasteiger partial charge in [-0.25, -0.2) is 9.97 Å². The van der Waals surface area contributed by atoms with Gasteiger partial charge in [0.25, 0.3) is 0 Å². The summed E-state index contributed by atoms with van der Waals surface area (Å²) in [6, 6.07) is 11.9. The van der Waals surface area contributed by atoms with E-state index in [0.717, 1.165) is 50.5 Å². The van der Waals surface area contributed by atoms with Gasteiger partial charge in [-0.15, -0.1) is 10.2 Å². The largest absolute Gasteiger partial charge is 0.507 e. The summed E-state index contributed by atoms with van der Waals surface area (Å²) in [6.07, 6.45) is 3.59. The van der Waals surface area contributed by atoms with E-state index < -0.39 is 0 Å². The highest BCUT2D eigenvalue weighted by molar-refractivity contribution is 5.73. The molecule has 9 heteroatoms. The molecule has 2 aliphatic rings. The van der Waals surface area contributed by atoms with E-state index in [-0.39, 0.29) is 5.75 Å². The average Bonchev–Trinajstić information content (AvgIpc) is 3.52. The highest BCUT2D eigenvalue weighted by Crippen LogP contribution is 2.32. The van der Waals surface area contributed by atoms with Crippen LogP contribution in [0.15, 0.2) is 42.7 Å². The summed E-state index contributed by atoms with van der Waals surface area (Å²) in [7, 11) is 1.55. The lowest BCUT2D eigenvalue weighted by atomic mass is 10.1. The predicted octanol–water partition coefficient (Wildman–Crippen LogP) is 2.27. The van der Waals surface area contributed by atoms with Crippen molar-refractivity contribution in [1.29, 1.82) is 0 Å². The van der Waals surface area contributed by atoms with Crippen molar-refractivity contribution in [3.05, 3.63) is 42.7 Å². The number of ether oxygens (including phenoxy) is 2. The van der Waals surface area contributed by atoms with E-state index in [4.69, 9.17) is 9.47 Å². The number of rotatable bonds is 6. The van der Waals surface area contributed by atoms with Crippen LogP contribution < -0.4 is 15.0 Å². The minimum absolute atomic E-state index is 0.117. The predicted molar refractivity (Wildman–Crippen MR) is 120 cm³/mol. The molecule has 2 aromatic heterocycles. The molecule has 9 nitrogen and oxygen atoms in total. The fourth-order valence-electron chi connectivity index (χ4n) is 4.26. The third-order valence-corrected chi connectivity index (χ3v) is 5.98. The first kappa shape index (κ1) is 20.6. The van der Waals surface area contributed by atoms with E-state index in [2.05, 4.69) is 30.4 Å². The van der Waals surface area contributed by atoms with Gasteiger partial charge in [0.05, 0.1) is 25.1 Å². The lowest BCUT2D eigenvalue weighted by Crippen LogP contribution is -2.40. The van der Waals surface area contributed by atoms with Crippen LogP contribution in [0.1, 0.15) is 12.8 Å². The molecule has 4 heterocycles. The van der Waals surface area contributed by atoms with Crippen LogP contribution in [0.25, 0.3) is 22.5 Å². The van der Waals surface area contributed by atoms with E-state index in [1.807, 2.05) is 24.3 Å². The van der Waals surface area contributed by atoms with Gasteiger partial charge in [-0.3, -0.25) is 0 Å². The van der Waals surface area contributed by atoms with Crippen LogP contribution >= 0.6 is 0 Å². The van der Waals surface area contributed by atoms with Crippen LogP contribution in [0.4, 0.5) is 5.82 Å². The van der Waals surface area contributed by atoms with Gasteiger partial charge in [-0.2, -0.15) is 0 Å². The molecule has 1 aromatic carbocycles. The number of methoxy groups -OCH3 is 1. The van der Waals surface area contributed by atoms with Crippen molar-refractivity contribution in [3.8, 4) is 34.1 Å². The standard InChI is InChI=1S/C23H26N6O3/c1-31-23-11-20(24-14-25-23)15-2-3-18(21(30)10-15)19-4-5-22(28-27-19)29-8-6-16(12-29)26-17-7-9-32-13-17/h2-5,10-11,14,16-17,26,30H,6-9,12-13H2,1H3/t16-,17-/m0/s1. The number of anilines is 1. The number of hydrogen-bond donors (Lipinski definition) is 2. The monoisotopic (exact) mass is 434 g/mol. The Kier molecular flexibility index (Phi) is 5.83. The molecule has 0 saturated carbocycles. The molecule has 0 bridgehead atoms. The number of phenols is 1. The topological polar surface area (TPSA) is 106 Å². The molecule has 2 aliphatic heterocycles. The minimum Gasteiger partial charge on any atom is -0.507 e. The first-order valence-electron chi connectivity index (χ1n) is 10.8. The molecule has 2 N–H and O–H groups in total. The Hall–Kier alpha value is -3.30. The first-order chi connectivity index (χ1) is 15.7. The molecular formula is C23H26N6O3. The number of hydrogen-bond acceptors (Lipinski definition) is 9. The van der Waals surface area contributed by atoms with Crippen molar-refractivity contribution in [2.75, 3.05) is 38.3 Å². The van der Waals surface area contributed by atoms with Gasteiger partial charge in [0.2, 0.25) is 5.88 Å². The Morgan fingerprint density at radius 1 is 1.06 bits per heavy atom. The molecular weight excluding hydrogens is 408 g/mol. The number of phenolic OH excluding ortho intramolecular Hbond substituents is 1. The van der Waals surface area contributed by atoms with Crippen molar-refractivity contribution >= 4 is 5.82 Å². The van der Waals surface area contributed by atoms with Crippen LogP contribution in [0, 0.1) is 0 Å². The van der Waals surface area contributed by atoms with E-state index in [0.29, 0.717) is 34.9 Å². The van der Waals surface area contributed by atoms with Crippen LogP contribution in [0.5, 0.6) is 11.6 Å². The second kappa shape index (κ2) is 9.05. The second-order valence-corrected chi connectivity index (χ2v) is 8.11. The van der Waals surface area contributed by atoms with Crippen molar-refractivity contribution in [1.82, 2.24) is 25.5 Å². The van der Waals surface area contributed by atoms with Crippen LogP contribution in [0.3, 0.4) is 0 Å². The van der Waals surface area contributed by atoms with Gasteiger partial charge >= 0.3 is 0 Å². The van der Waals surface area contributed by atoms with Crippen molar-refractivity contribution in [2.45, 2.75) is 24.9 Å². The van der Waals surface area contributed by atoms with Gasteiger partial charge in [0.15, 0.2) is 5.82 Å². The second-order valence-electron chi connectivity index (χ2n) is 8.11. The zero-order valence-corrected chi connectivity index (χ0v) is 17.9. The molecule has 0 amide bonds. The summed E-state index contributed by atoms with van der Waals surface area (Å²) in [5.74, 6) is 1.44. The SMILES string of the molecule is COc1cc(-c2ccc(-c3ccc(N4CC[C@H](N[C@H]5CCOC5)C4)nn3)c(O)c2)ncn1. The zero-order chi connectivity index (χ0) is 21.9. The van der Waals surface area contributed by atoms with E-state index in [1.54, 1.807) is 19.2 Å². The number of nitrogens with one attached hydrogen (secondary N) is 1. The third kappa shape index (κ3) is 4.35. The average molecular weight is 435 g/mol. The van der Waals surface area contributed by atoms with Crippen molar-refractivity contribution in [2.24, 2.45) is 0 Å². The van der Waals surface area contributed by atoms with Crippen LogP contribution in [-0.2, 0) is 4.74 Å². The smallest absolute Gasteiger partial charge is 0.216 e. The van der Waals surface area contributed by atoms with Crippen LogP contribution in [0.2, 0.25) is 0 Å². The lowest BCUT2D eigenvalue weighted by Gasteiger charge is -2.19. The molecule has 2 fully saturated rings. The maximum absolute atomic E-state index is 10.6. The fraction of sp³-hybridized carbons (Fsp3) is 0.391. The maximum atomic E-state index is 10.6. The van der Waals surface area contributed by atoms with Crippen LogP contribution in [-0.4, -0.2) is 70.8 Å². The fourth-order valence-corrected chi connectivity index (χ4v) is 4.26. The quantitative estimate of drug-likeness (QED) is 0.604. The molecule has 166 valence electrons. The van der Waals surface area contributed by atoms with Crippen molar-refractivity contribution in [3.63, 3.8) is 0 Å². The molecule has 2 atom stereocenters. The first-order valence-corrected chi connectivity index (χ1v) is 10.8. The Labute approximate surface area is 186 Å². The van der Waals surface area contributed by atoms with Gasteiger partial charge < -0.3 is 24.8 Å². The lowest BCUT2D eigenvalue weighted by molar-refractivity contribution is 0.188. The maximum Gasteiger partial charge on any atom is 0.216 e. The molecule has 0 aliphatic carbocycles. The summed E-state index contributed by atoms with van der Waals surface area (Å²) in [5.41, 5.74) is 2.67. The third-order valence-electron chi connectivity index (χ3n) is 5.98. The Balaban J connectivity index is 1.27. The molecule has 0 radical (unpaired) electrons. The molecule has 5 rings (SSSR count). The number of aromatic nitrogens is 4. The van der Waals surface area contributed by atoms with E-state index in [1.165, 1.54) is 6.33 Å². The van der Waals surface area contributed by atoms with Gasteiger partial charge in [-0.1, -0.05) is 6.07 Å². The Morgan fingerprint density at radius 3 is 2.75 bits per heavy atom. The highest BCUT2D eigenvalue weighted by atomic mass is 16.5. The molecule has 0 unspecified atom stereocenters. The molecule has 2 saturated heterocycles. The number of nitrogens with zero attached hydrogens (tertiary/aromatic N) is 5. The van der Waals surface area contributed by atoms with E-state index in [9.17, 15) is 5.11 Å². The highest BCUT2D eigenvalue weighted by Gasteiger charge is 2.27. The molecule has 32 heavy (non-hydrogen) atoms. The zero-order valence-electron chi connectivity index (χ0n) is 17.9. The summed E-state index contributed by atoms with van der Waals surface area (Å²) in [4.78, 5) is 10.5. The number of aromatic hydroxyl groups is 1. The Bertz CT molecular complexity index is 1070. The molecule has 0 spiro atoms. The summed E-state index contributed by atoms with van der Waals surface area (Å²) < 4.78 is 10.6. The number of benzene rings is 1. The van der Waals surface area contributed by atoms with Crippen molar-refractivity contribution < 1.29 is 14.6 Å². The summed E-state index contributed by atoms with van der Waals surface area (Å²) in [6.45, 7) is 3.51. The van der Waals surface area contributed by atoms with Gasteiger partial charge in [-0.05, 0) is 37.1 Å².